The maximum absolute atomic E-state index is 12.1. The van der Waals surface area contributed by atoms with E-state index in [1.165, 1.54) is 25.7 Å². The van der Waals surface area contributed by atoms with Gasteiger partial charge in [0, 0.05) is 37.4 Å². The van der Waals surface area contributed by atoms with Gasteiger partial charge in [0.25, 0.3) is 0 Å². The number of ketones is 1. The summed E-state index contributed by atoms with van der Waals surface area (Å²) in [6.45, 7) is 0.588. The van der Waals surface area contributed by atoms with E-state index >= 15 is 0 Å². The van der Waals surface area contributed by atoms with Gasteiger partial charge in [-0.3, -0.25) is 9.59 Å². The number of Topliss-reactive ketones (excluding diaryl/α,β-unsaturated/α-hetero) is 1. The number of thioether (sulfide) groups is 1. The van der Waals surface area contributed by atoms with Crippen molar-refractivity contribution < 1.29 is 9.59 Å². The number of carbonyl (C=O) groups excluding carboxylic acids is 2. The summed E-state index contributed by atoms with van der Waals surface area (Å²) in [5, 5.41) is 12.6. The molecule has 1 aliphatic carbocycles. The lowest BCUT2D eigenvalue weighted by Crippen LogP contribution is -2.25. The molecule has 0 bridgehead atoms. The Labute approximate surface area is 170 Å². The molecule has 7 heteroatoms. The number of amides is 1. The van der Waals surface area contributed by atoms with E-state index in [0.29, 0.717) is 18.2 Å². The van der Waals surface area contributed by atoms with Gasteiger partial charge in [-0.15, -0.1) is 10.2 Å². The van der Waals surface area contributed by atoms with E-state index in [-0.39, 0.29) is 24.5 Å². The monoisotopic (exact) mass is 400 g/mol. The van der Waals surface area contributed by atoms with E-state index in [1.54, 1.807) is 23.9 Å². The fourth-order valence-electron chi connectivity index (χ4n) is 3.70. The Hall–Kier alpha value is -2.15. The number of benzene rings is 1. The molecule has 1 amide bonds. The summed E-state index contributed by atoms with van der Waals surface area (Å²) >= 11 is 1.64. The molecule has 2 aromatic rings. The second-order valence-corrected chi connectivity index (χ2v) is 7.93. The molecule has 0 unspecified atom stereocenters. The number of hydrogen-bond acceptors (Lipinski definition) is 5. The van der Waals surface area contributed by atoms with Crippen molar-refractivity contribution in [3.05, 3.63) is 41.7 Å². The largest absolute Gasteiger partial charge is 0.356 e. The maximum Gasteiger partial charge on any atom is 0.220 e. The number of aryl methyl sites for hydroxylation is 1. The van der Waals surface area contributed by atoms with Crippen molar-refractivity contribution in [1.29, 1.82) is 0 Å². The first-order valence-electron chi connectivity index (χ1n) is 10.0. The highest BCUT2D eigenvalue weighted by Crippen LogP contribution is 2.33. The van der Waals surface area contributed by atoms with Gasteiger partial charge in [0.15, 0.2) is 10.9 Å². The van der Waals surface area contributed by atoms with E-state index in [1.807, 2.05) is 24.5 Å². The second-order valence-electron chi connectivity index (χ2n) is 7.15. The molecule has 0 radical (unpaired) electrons. The fraction of sp³-hybridized carbons (Fsp3) is 0.524. The molecule has 1 aromatic heterocycles. The Morgan fingerprint density at radius 2 is 1.89 bits per heavy atom. The van der Waals surface area contributed by atoms with Gasteiger partial charge in [-0.25, -0.2) is 0 Å². The van der Waals surface area contributed by atoms with Crippen LogP contribution >= 0.6 is 11.8 Å². The SMILES string of the molecule is CSc1nnc(CCCNC(=O)CCC(=O)c2ccccc2)n1C1CCCC1. The van der Waals surface area contributed by atoms with Crippen molar-refractivity contribution in [3.8, 4) is 0 Å². The molecule has 1 heterocycles. The fourth-order valence-corrected chi connectivity index (χ4v) is 4.28. The molecule has 6 nitrogen and oxygen atoms in total. The Morgan fingerprint density at radius 1 is 1.14 bits per heavy atom. The van der Waals surface area contributed by atoms with Crippen molar-refractivity contribution in [2.24, 2.45) is 0 Å². The molecular weight excluding hydrogens is 372 g/mol. The normalized spacial score (nSPS) is 14.3. The molecule has 1 aliphatic rings. The molecule has 1 aromatic carbocycles. The van der Waals surface area contributed by atoms with E-state index in [4.69, 9.17) is 0 Å². The third-order valence-electron chi connectivity index (χ3n) is 5.18. The number of nitrogens with zero attached hydrogens (tertiary/aromatic N) is 3. The lowest BCUT2D eigenvalue weighted by Gasteiger charge is -2.16. The summed E-state index contributed by atoms with van der Waals surface area (Å²) in [6, 6.07) is 9.62. The van der Waals surface area contributed by atoms with Crippen LogP contribution in [0.5, 0.6) is 0 Å². The highest BCUT2D eigenvalue weighted by molar-refractivity contribution is 7.98. The molecule has 0 atom stereocenters. The van der Waals surface area contributed by atoms with Crippen molar-refractivity contribution in [2.75, 3.05) is 12.8 Å². The highest BCUT2D eigenvalue weighted by Gasteiger charge is 2.23. The minimum Gasteiger partial charge on any atom is -0.356 e. The Kier molecular flexibility index (Phi) is 7.65. The molecular formula is C21H28N4O2S. The van der Waals surface area contributed by atoms with Gasteiger partial charge in [0.2, 0.25) is 5.91 Å². The summed E-state index contributed by atoms with van der Waals surface area (Å²) < 4.78 is 2.30. The Balaban J connectivity index is 1.40. The van der Waals surface area contributed by atoms with Gasteiger partial charge in [0.05, 0.1) is 0 Å². The minimum atomic E-state index is -0.0775. The zero-order valence-corrected chi connectivity index (χ0v) is 17.2. The van der Waals surface area contributed by atoms with Gasteiger partial charge in [0.1, 0.15) is 5.82 Å². The first kappa shape index (κ1) is 20.6. The molecule has 1 fully saturated rings. The molecule has 1 N–H and O–H groups in total. The number of aromatic nitrogens is 3. The molecule has 1 saturated carbocycles. The topological polar surface area (TPSA) is 76.9 Å². The van der Waals surface area contributed by atoms with Gasteiger partial charge in [-0.05, 0) is 25.5 Å². The van der Waals surface area contributed by atoms with E-state index in [0.717, 1.165) is 23.8 Å². The number of hydrogen-bond donors (Lipinski definition) is 1. The third kappa shape index (κ3) is 5.44. The summed E-state index contributed by atoms with van der Waals surface area (Å²) in [7, 11) is 0. The predicted molar refractivity (Wildman–Crippen MR) is 111 cm³/mol. The van der Waals surface area contributed by atoms with Crippen molar-refractivity contribution in [1.82, 2.24) is 20.1 Å². The van der Waals surface area contributed by atoms with Crippen LogP contribution in [-0.4, -0.2) is 39.3 Å². The van der Waals surface area contributed by atoms with Crippen LogP contribution in [0.1, 0.15) is 67.2 Å². The summed E-state index contributed by atoms with van der Waals surface area (Å²) in [6.07, 6.45) is 9.06. The summed E-state index contributed by atoms with van der Waals surface area (Å²) in [4.78, 5) is 24.1. The van der Waals surface area contributed by atoms with Crippen LogP contribution in [-0.2, 0) is 11.2 Å². The first-order chi connectivity index (χ1) is 13.7. The molecule has 150 valence electrons. The smallest absolute Gasteiger partial charge is 0.220 e. The van der Waals surface area contributed by atoms with Gasteiger partial charge in [-0.1, -0.05) is 54.9 Å². The number of nitrogens with one attached hydrogen (secondary N) is 1. The second kappa shape index (κ2) is 10.4. The lowest BCUT2D eigenvalue weighted by molar-refractivity contribution is -0.121. The average molecular weight is 401 g/mol. The lowest BCUT2D eigenvalue weighted by atomic mass is 10.1. The van der Waals surface area contributed by atoms with E-state index in [9.17, 15) is 9.59 Å². The first-order valence-corrected chi connectivity index (χ1v) is 11.2. The van der Waals surface area contributed by atoms with Gasteiger partial charge < -0.3 is 9.88 Å². The van der Waals surface area contributed by atoms with Crippen molar-refractivity contribution in [2.45, 2.75) is 62.6 Å². The van der Waals surface area contributed by atoms with Crippen LogP contribution in [0.15, 0.2) is 35.5 Å². The third-order valence-corrected chi connectivity index (χ3v) is 5.83. The van der Waals surface area contributed by atoms with Crippen molar-refractivity contribution >= 4 is 23.5 Å². The van der Waals surface area contributed by atoms with Crippen LogP contribution < -0.4 is 5.32 Å². The van der Waals surface area contributed by atoms with Gasteiger partial charge in [-0.2, -0.15) is 0 Å². The van der Waals surface area contributed by atoms with Gasteiger partial charge >= 0.3 is 0 Å². The molecule has 0 spiro atoms. The van der Waals surface area contributed by atoms with Crippen LogP contribution in [0.4, 0.5) is 0 Å². The maximum atomic E-state index is 12.1. The zero-order valence-electron chi connectivity index (χ0n) is 16.4. The van der Waals surface area contributed by atoms with Crippen LogP contribution in [0.25, 0.3) is 0 Å². The summed E-state index contributed by atoms with van der Waals surface area (Å²) in [5.74, 6) is 0.945. The minimum absolute atomic E-state index is 0.00464. The van der Waals surface area contributed by atoms with Crippen LogP contribution in [0.3, 0.4) is 0 Å². The number of rotatable bonds is 10. The molecule has 28 heavy (non-hydrogen) atoms. The van der Waals surface area contributed by atoms with Crippen molar-refractivity contribution in [3.63, 3.8) is 0 Å². The Morgan fingerprint density at radius 3 is 2.61 bits per heavy atom. The molecule has 0 aliphatic heterocycles. The zero-order chi connectivity index (χ0) is 19.8. The molecule has 3 rings (SSSR count). The predicted octanol–water partition coefficient (Wildman–Crippen LogP) is 3.83. The highest BCUT2D eigenvalue weighted by atomic mass is 32.2. The number of carbonyl (C=O) groups is 2. The van der Waals surface area contributed by atoms with Crippen LogP contribution in [0.2, 0.25) is 0 Å². The van der Waals surface area contributed by atoms with Crippen LogP contribution in [0, 0.1) is 0 Å². The molecule has 0 saturated heterocycles. The standard InChI is InChI=1S/C21H28N4O2S/c1-28-21-24-23-19(25(21)17-10-5-6-11-17)12-7-15-22-20(27)14-13-18(26)16-8-3-2-4-9-16/h2-4,8-9,17H,5-7,10-15H2,1H3,(H,22,27). The van der Waals surface area contributed by atoms with E-state index < -0.39 is 0 Å². The summed E-state index contributed by atoms with van der Waals surface area (Å²) in [5.41, 5.74) is 0.658. The average Bonchev–Trinajstić information content (AvgIpc) is 3.39. The Bertz CT molecular complexity index is 785. The quantitative estimate of drug-likeness (QED) is 0.373. The van der Waals surface area contributed by atoms with E-state index in [2.05, 4.69) is 20.1 Å².